The normalized spacial score (nSPS) is 35.8. The minimum absolute atomic E-state index is 0.0938. The SMILES string of the molecule is O=C1COC2COCCC2N1C1CCNCC1. The Morgan fingerprint density at radius 3 is 2.88 bits per heavy atom. The molecule has 1 amide bonds. The molecule has 3 fully saturated rings. The Hall–Kier alpha value is -0.650. The molecule has 0 aromatic heterocycles. The molecule has 0 saturated carbocycles. The van der Waals surface area contributed by atoms with Crippen LogP contribution in [0.1, 0.15) is 19.3 Å². The average Bonchev–Trinajstić information content (AvgIpc) is 2.39. The molecule has 96 valence electrons. The zero-order valence-electron chi connectivity index (χ0n) is 10.1. The minimum Gasteiger partial charge on any atom is -0.379 e. The third-order valence-electron chi connectivity index (χ3n) is 4.04. The number of nitrogens with one attached hydrogen (secondary N) is 1. The van der Waals surface area contributed by atoms with Gasteiger partial charge in [-0.3, -0.25) is 4.79 Å². The van der Waals surface area contributed by atoms with Gasteiger partial charge >= 0.3 is 0 Å². The number of ether oxygens (including phenoxy) is 2. The highest BCUT2D eigenvalue weighted by molar-refractivity contribution is 5.79. The number of rotatable bonds is 1. The molecule has 0 bridgehead atoms. The van der Waals surface area contributed by atoms with E-state index in [9.17, 15) is 4.79 Å². The summed E-state index contributed by atoms with van der Waals surface area (Å²) < 4.78 is 11.0. The fourth-order valence-corrected chi connectivity index (χ4v) is 3.18. The van der Waals surface area contributed by atoms with Gasteiger partial charge in [0.2, 0.25) is 5.91 Å². The number of carbonyl (C=O) groups is 1. The maximum absolute atomic E-state index is 12.1. The van der Waals surface area contributed by atoms with E-state index in [4.69, 9.17) is 9.47 Å². The highest BCUT2D eigenvalue weighted by Crippen LogP contribution is 2.27. The molecule has 0 aromatic rings. The van der Waals surface area contributed by atoms with Crippen molar-refractivity contribution in [2.24, 2.45) is 0 Å². The number of amides is 1. The number of fused-ring (bicyclic) bond motifs is 1. The van der Waals surface area contributed by atoms with Crippen molar-refractivity contribution in [3.8, 4) is 0 Å². The largest absolute Gasteiger partial charge is 0.379 e. The number of hydrogen-bond acceptors (Lipinski definition) is 4. The van der Waals surface area contributed by atoms with Crippen LogP contribution in [0.15, 0.2) is 0 Å². The molecule has 0 aliphatic carbocycles. The molecule has 0 radical (unpaired) electrons. The lowest BCUT2D eigenvalue weighted by atomic mass is 9.96. The van der Waals surface area contributed by atoms with E-state index in [1.54, 1.807) is 0 Å². The summed E-state index contributed by atoms with van der Waals surface area (Å²) in [5.41, 5.74) is 0. The van der Waals surface area contributed by atoms with E-state index < -0.39 is 0 Å². The van der Waals surface area contributed by atoms with Gasteiger partial charge in [0.05, 0.1) is 12.6 Å². The van der Waals surface area contributed by atoms with E-state index in [1.807, 2.05) is 0 Å². The molecule has 17 heavy (non-hydrogen) atoms. The van der Waals surface area contributed by atoms with Crippen molar-refractivity contribution in [3.05, 3.63) is 0 Å². The predicted molar refractivity (Wildman–Crippen MR) is 61.7 cm³/mol. The zero-order valence-corrected chi connectivity index (χ0v) is 10.1. The number of hydrogen-bond donors (Lipinski definition) is 1. The zero-order chi connectivity index (χ0) is 11.7. The summed E-state index contributed by atoms with van der Waals surface area (Å²) in [6.07, 6.45) is 3.14. The molecule has 3 heterocycles. The topological polar surface area (TPSA) is 50.8 Å². The second-order valence-corrected chi connectivity index (χ2v) is 5.06. The van der Waals surface area contributed by atoms with E-state index in [2.05, 4.69) is 10.2 Å². The van der Waals surface area contributed by atoms with Gasteiger partial charge < -0.3 is 19.7 Å². The third kappa shape index (κ3) is 2.19. The summed E-state index contributed by atoms with van der Waals surface area (Å²) in [7, 11) is 0. The predicted octanol–water partition coefficient (Wildman–Crippen LogP) is -0.245. The monoisotopic (exact) mass is 240 g/mol. The van der Waals surface area contributed by atoms with Crippen LogP contribution < -0.4 is 5.32 Å². The number of nitrogens with zero attached hydrogens (tertiary/aromatic N) is 1. The Morgan fingerprint density at radius 1 is 1.24 bits per heavy atom. The first-order valence-corrected chi connectivity index (χ1v) is 6.57. The molecule has 3 saturated heterocycles. The standard InChI is InChI=1S/C12H20N2O3/c15-12-8-17-11-7-16-6-3-10(11)14(12)9-1-4-13-5-2-9/h9-11,13H,1-8H2. The lowest BCUT2D eigenvalue weighted by Gasteiger charge is -2.47. The molecule has 5 heteroatoms. The van der Waals surface area contributed by atoms with E-state index in [-0.39, 0.29) is 24.7 Å². The number of piperidine rings is 1. The summed E-state index contributed by atoms with van der Waals surface area (Å²) in [4.78, 5) is 14.2. The van der Waals surface area contributed by atoms with Crippen LogP contribution in [-0.2, 0) is 14.3 Å². The Bertz CT molecular complexity index is 291. The first kappa shape index (κ1) is 11.4. The first-order chi connectivity index (χ1) is 8.36. The Morgan fingerprint density at radius 2 is 2.06 bits per heavy atom. The van der Waals surface area contributed by atoms with Crippen molar-refractivity contribution < 1.29 is 14.3 Å². The molecule has 5 nitrogen and oxygen atoms in total. The van der Waals surface area contributed by atoms with Crippen LogP contribution in [-0.4, -0.2) is 61.9 Å². The van der Waals surface area contributed by atoms with E-state index >= 15 is 0 Å². The Labute approximate surface area is 101 Å². The Kier molecular flexibility index (Phi) is 3.31. The van der Waals surface area contributed by atoms with Crippen LogP contribution >= 0.6 is 0 Å². The molecule has 0 spiro atoms. The Balaban J connectivity index is 1.75. The second kappa shape index (κ2) is 4.92. The smallest absolute Gasteiger partial charge is 0.249 e. The second-order valence-electron chi connectivity index (χ2n) is 5.06. The van der Waals surface area contributed by atoms with Crippen molar-refractivity contribution in [1.82, 2.24) is 10.2 Å². The van der Waals surface area contributed by atoms with Crippen molar-refractivity contribution in [3.63, 3.8) is 0 Å². The average molecular weight is 240 g/mol. The van der Waals surface area contributed by atoms with Crippen LogP contribution in [0.4, 0.5) is 0 Å². The van der Waals surface area contributed by atoms with Gasteiger partial charge in [0.25, 0.3) is 0 Å². The van der Waals surface area contributed by atoms with Gasteiger partial charge in [0.1, 0.15) is 12.7 Å². The summed E-state index contributed by atoms with van der Waals surface area (Å²) >= 11 is 0. The highest BCUT2D eigenvalue weighted by atomic mass is 16.5. The van der Waals surface area contributed by atoms with Gasteiger partial charge in [0.15, 0.2) is 0 Å². The third-order valence-corrected chi connectivity index (χ3v) is 4.04. The van der Waals surface area contributed by atoms with Gasteiger partial charge in [0, 0.05) is 12.6 Å². The lowest BCUT2D eigenvalue weighted by molar-refractivity contribution is -0.177. The van der Waals surface area contributed by atoms with Gasteiger partial charge in [-0.1, -0.05) is 0 Å². The first-order valence-electron chi connectivity index (χ1n) is 6.57. The molecule has 3 aliphatic rings. The van der Waals surface area contributed by atoms with Crippen LogP contribution in [0.3, 0.4) is 0 Å². The van der Waals surface area contributed by atoms with Gasteiger partial charge in [-0.15, -0.1) is 0 Å². The fourth-order valence-electron chi connectivity index (χ4n) is 3.18. The molecule has 2 atom stereocenters. The molecule has 2 unspecified atom stereocenters. The van der Waals surface area contributed by atoms with Gasteiger partial charge in [-0.25, -0.2) is 0 Å². The van der Waals surface area contributed by atoms with Crippen molar-refractivity contribution in [2.45, 2.75) is 37.5 Å². The summed E-state index contributed by atoms with van der Waals surface area (Å²) in [5.74, 6) is 0.167. The van der Waals surface area contributed by atoms with Crippen molar-refractivity contribution in [1.29, 1.82) is 0 Å². The molecule has 3 aliphatic heterocycles. The van der Waals surface area contributed by atoms with Crippen LogP contribution in [0.25, 0.3) is 0 Å². The lowest BCUT2D eigenvalue weighted by Crippen LogP contribution is -2.62. The molecular weight excluding hydrogens is 220 g/mol. The van der Waals surface area contributed by atoms with Gasteiger partial charge in [-0.05, 0) is 32.4 Å². The van der Waals surface area contributed by atoms with E-state index in [0.717, 1.165) is 39.0 Å². The van der Waals surface area contributed by atoms with Crippen molar-refractivity contribution in [2.75, 3.05) is 32.9 Å². The summed E-state index contributed by atoms with van der Waals surface area (Å²) in [6, 6.07) is 0.645. The molecule has 1 N–H and O–H groups in total. The molecule has 0 aromatic carbocycles. The van der Waals surface area contributed by atoms with Crippen LogP contribution in [0.2, 0.25) is 0 Å². The van der Waals surface area contributed by atoms with E-state index in [1.165, 1.54) is 0 Å². The summed E-state index contributed by atoms with van der Waals surface area (Å²) in [5, 5.41) is 3.35. The molecular formula is C12H20N2O3. The quantitative estimate of drug-likeness (QED) is 0.687. The van der Waals surface area contributed by atoms with Crippen LogP contribution in [0, 0.1) is 0 Å². The van der Waals surface area contributed by atoms with Gasteiger partial charge in [-0.2, -0.15) is 0 Å². The molecule has 3 rings (SSSR count). The number of carbonyl (C=O) groups excluding carboxylic acids is 1. The van der Waals surface area contributed by atoms with E-state index in [0.29, 0.717) is 12.6 Å². The minimum atomic E-state index is 0.0938. The van der Waals surface area contributed by atoms with Crippen LogP contribution in [0.5, 0.6) is 0 Å². The highest BCUT2D eigenvalue weighted by Gasteiger charge is 2.41. The van der Waals surface area contributed by atoms with Crippen molar-refractivity contribution >= 4 is 5.91 Å². The maximum Gasteiger partial charge on any atom is 0.249 e. The summed E-state index contributed by atoms with van der Waals surface area (Å²) in [6.45, 7) is 3.65. The maximum atomic E-state index is 12.1. The number of morpholine rings is 1. The fraction of sp³-hybridized carbons (Fsp3) is 0.917.